The molecule has 2 aromatic rings. The zero-order valence-corrected chi connectivity index (χ0v) is 17.0. The predicted octanol–water partition coefficient (Wildman–Crippen LogP) is 3.33. The van der Waals surface area contributed by atoms with Crippen molar-refractivity contribution in [1.82, 2.24) is 15.6 Å². The number of nitrogens with one attached hydrogen (secondary N) is 2. The van der Waals surface area contributed by atoms with Gasteiger partial charge in [0.25, 0.3) is 0 Å². The quantitative estimate of drug-likeness (QED) is 0.614. The van der Waals surface area contributed by atoms with E-state index in [1.54, 1.807) is 19.2 Å². The highest BCUT2D eigenvalue weighted by Gasteiger charge is 2.24. The number of aromatic nitrogens is 1. The van der Waals surface area contributed by atoms with Crippen LogP contribution >= 0.6 is 0 Å². The van der Waals surface area contributed by atoms with E-state index in [0.29, 0.717) is 12.6 Å². The molecule has 1 aromatic carbocycles. The SMILES string of the molecule is CN=C(NCC(C)(C)c1cccc(F)c1)NC1CCN(c2ccccn2)CC1. The Morgan fingerprint density at radius 1 is 1.21 bits per heavy atom. The Morgan fingerprint density at radius 3 is 2.64 bits per heavy atom. The predicted molar refractivity (Wildman–Crippen MR) is 113 cm³/mol. The van der Waals surface area contributed by atoms with Crippen LogP contribution in [0, 0.1) is 5.82 Å². The lowest BCUT2D eigenvalue weighted by Crippen LogP contribution is -2.50. The van der Waals surface area contributed by atoms with Gasteiger partial charge in [0.05, 0.1) is 0 Å². The van der Waals surface area contributed by atoms with Crippen LogP contribution in [0.25, 0.3) is 0 Å². The van der Waals surface area contributed by atoms with Gasteiger partial charge in [0.15, 0.2) is 5.96 Å². The van der Waals surface area contributed by atoms with Gasteiger partial charge < -0.3 is 15.5 Å². The summed E-state index contributed by atoms with van der Waals surface area (Å²) in [7, 11) is 1.79. The summed E-state index contributed by atoms with van der Waals surface area (Å²) in [6.45, 7) is 6.82. The van der Waals surface area contributed by atoms with E-state index in [0.717, 1.165) is 43.3 Å². The molecule has 0 radical (unpaired) electrons. The molecule has 150 valence electrons. The van der Waals surface area contributed by atoms with Gasteiger partial charge in [-0.05, 0) is 42.7 Å². The second kappa shape index (κ2) is 9.04. The molecular formula is C22H30FN5. The van der Waals surface area contributed by atoms with Crippen molar-refractivity contribution in [1.29, 1.82) is 0 Å². The number of piperidine rings is 1. The number of benzene rings is 1. The molecule has 1 saturated heterocycles. The first-order valence-electron chi connectivity index (χ1n) is 9.87. The average molecular weight is 384 g/mol. The number of rotatable bonds is 5. The van der Waals surface area contributed by atoms with Crippen molar-refractivity contribution in [3.63, 3.8) is 0 Å². The van der Waals surface area contributed by atoms with Crippen LogP contribution < -0.4 is 15.5 Å². The lowest BCUT2D eigenvalue weighted by atomic mass is 9.84. The fraction of sp³-hybridized carbons (Fsp3) is 0.455. The molecule has 0 saturated carbocycles. The van der Waals surface area contributed by atoms with Gasteiger partial charge in [-0.1, -0.05) is 32.0 Å². The number of hydrogen-bond donors (Lipinski definition) is 2. The standard InChI is InChI=1S/C22H30FN5/c1-22(2,17-7-6-8-18(23)15-17)16-26-21(24-3)27-19-10-13-28(14-11-19)20-9-4-5-12-25-20/h4-9,12,15,19H,10-11,13-14,16H2,1-3H3,(H2,24,26,27). The Kier molecular flexibility index (Phi) is 6.49. The summed E-state index contributed by atoms with van der Waals surface area (Å²) in [6.07, 6.45) is 3.90. The van der Waals surface area contributed by atoms with E-state index in [1.165, 1.54) is 6.07 Å². The normalized spacial score (nSPS) is 16.1. The lowest BCUT2D eigenvalue weighted by molar-refractivity contribution is 0.452. The molecule has 6 heteroatoms. The van der Waals surface area contributed by atoms with Crippen LogP contribution in [-0.4, -0.2) is 43.7 Å². The summed E-state index contributed by atoms with van der Waals surface area (Å²) >= 11 is 0. The van der Waals surface area contributed by atoms with Gasteiger partial charge in [-0.25, -0.2) is 9.37 Å². The number of pyridine rings is 1. The maximum atomic E-state index is 13.6. The number of nitrogens with zero attached hydrogens (tertiary/aromatic N) is 3. The summed E-state index contributed by atoms with van der Waals surface area (Å²) in [5.41, 5.74) is 0.765. The van der Waals surface area contributed by atoms with Crippen molar-refractivity contribution in [3.05, 3.63) is 60.0 Å². The van der Waals surface area contributed by atoms with Crippen molar-refractivity contribution in [3.8, 4) is 0 Å². The molecule has 28 heavy (non-hydrogen) atoms. The van der Waals surface area contributed by atoms with Crippen molar-refractivity contribution < 1.29 is 4.39 Å². The Balaban J connectivity index is 1.50. The van der Waals surface area contributed by atoms with E-state index in [4.69, 9.17) is 0 Å². The molecule has 0 spiro atoms. The minimum atomic E-state index is -0.206. The Hall–Kier alpha value is -2.63. The fourth-order valence-corrected chi connectivity index (χ4v) is 3.50. The van der Waals surface area contributed by atoms with E-state index in [-0.39, 0.29) is 11.2 Å². The topological polar surface area (TPSA) is 52.6 Å². The molecule has 0 bridgehead atoms. The molecule has 0 atom stereocenters. The van der Waals surface area contributed by atoms with Crippen LogP contribution in [0.5, 0.6) is 0 Å². The first-order valence-corrected chi connectivity index (χ1v) is 9.87. The molecule has 1 aliphatic rings. The highest BCUT2D eigenvalue weighted by Crippen LogP contribution is 2.23. The lowest BCUT2D eigenvalue weighted by Gasteiger charge is -2.34. The van der Waals surface area contributed by atoms with Gasteiger partial charge in [-0.2, -0.15) is 0 Å². The third kappa shape index (κ3) is 5.21. The van der Waals surface area contributed by atoms with Crippen LogP contribution in [0.15, 0.2) is 53.7 Å². The van der Waals surface area contributed by atoms with E-state index in [9.17, 15) is 4.39 Å². The van der Waals surface area contributed by atoms with Crippen molar-refractivity contribution >= 4 is 11.8 Å². The second-order valence-corrected chi connectivity index (χ2v) is 7.91. The van der Waals surface area contributed by atoms with E-state index < -0.39 is 0 Å². The Morgan fingerprint density at radius 2 is 2.00 bits per heavy atom. The van der Waals surface area contributed by atoms with E-state index in [2.05, 4.69) is 45.4 Å². The van der Waals surface area contributed by atoms with Crippen molar-refractivity contribution in [2.24, 2.45) is 4.99 Å². The van der Waals surface area contributed by atoms with Crippen LogP contribution in [0.4, 0.5) is 10.2 Å². The third-order valence-electron chi connectivity index (χ3n) is 5.34. The number of aliphatic imine (C=N–C) groups is 1. The number of halogens is 1. The number of anilines is 1. The average Bonchev–Trinajstić information content (AvgIpc) is 2.72. The molecule has 0 unspecified atom stereocenters. The Labute approximate surface area is 167 Å². The molecule has 2 N–H and O–H groups in total. The van der Waals surface area contributed by atoms with Gasteiger partial charge in [-0.3, -0.25) is 4.99 Å². The number of guanidine groups is 1. The van der Waals surface area contributed by atoms with Gasteiger partial charge in [0, 0.05) is 44.3 Å². The first-order chi connectivity index (χ1) is 13.5. The maximum absolute atomic E-state index is 13.6. The summed E-state index contributed by atoms with van der Waals surface area (Å²) in [5.74, 6) is 1.63. The van der Waals surface area contributed by atoms with Crippen molar-refractivity contribution in [2.75, 3.05) is 31.6 Å². The zero-order valence-electron chi connectivity index (χ0n) is 17.0. The zero-order chi connectivity index (χ0) is 20.0. The van der Waals surface area contributed by atoms with Crippen molar-refractivity contribution in [2.45, 2.75) is 38.1 Å². The van der Waals surface area contributed by atoms with Crippen LogP contribution in [0.1, 0.15) is 32.3 Å². The molecule has 1 aliphatic heterocycles. The summed E-state index contributed by atoms with van der Waals surface area (Å²) in [4.78, 5) is 11.1. The highest BCUT2D eigenvalue weighted by atomic mass is 19.1. The van der Waals surface area contributed by atoms with Gasteiger partial charge in [0.1, 0.15) is 11.6 Å². The summed E-state index contributed by atoms with van der Waals surface area (Å²) in [5, 5.41) is 6.94. The molecule has 2 heterocycles. The molecule has 0 amide bonds. The van der Waals surface area contributed by atoms with Crippen LogP contribution in [0.2, 0.25) is 0 Å². The molecule has 0 aliphatic carbocycles. The highest BCUT2D eigenvalue weighted by molar-refractivity contribution is 5.80. The van der Waals surface area contributed by atoms with E-state index in [1.807, 2.05) is 24.4 Å². The first kappa shape index (κ1) is 20.1. The van der Waals surface area contributed by atoms with Gasteiger partial charge in [-0.15, -0.1) is 0 Å². The van der Waals surface area contributed by atoms with Gasteiger partial charge >= 0.3 is 0 Å². The molecule has 1 aromatic heterocycles. The summed E-state index contributed by atoms with van der Waals surface area (Å²) in [6, 6.07) is 13.2. The fourth-order valence-electron chi connectivity index (χ4n) is 3.50. The molecule has 1 fully saturated rings. The van der Waals surface area contributed by atoms with Gasteiger partial charge in [0.2, 0.25) is 0 Å². The van der Waals surface area contributed by atoms with E-state index >= 15 is 0 Å². The number of hydrogen-bond acceptors (Lipinski definition) is 3. The molecule has 3 rings (SSSR count). The Bertz CT molecular complexity index is 783. The maximum Gasteiger partial charge on any atom is 0.191 e. The smallest absolute Gasteiger partial charge is 0.191 e. The largest absolute Gasteiger partial charge is 0.356 e. The monoisotopic (exact) mass is 383 g/mol. The molecular weight excluding hydrogens is 353 g/mol. The third-order valence-corrected chi connectivity index (χ3v) is 5.34. The second-order valence-electron chi connectivity index (χ2n) is 7.91. The molecule has 5 nitrogen and oxygen atoms in total. The van der Waals surface area contributed by atoms with Crippen LogP contribution in [-0.2, 0) is 5.41 Å². The van der Waals surface area contributed by atoms with Crippen LogP contribution in [0.3, 0.4) is 0 Å². The summed E-state index contributed by atoms with van der Waals surface area (Å²) < 4.78 is 13.6. The minimum absolute atomic E-state index is 0.201. The minimum Gasteiger partial charge on any atom is -0.356 e.